The molecule has 1 N–H and O–H groups in total. The van der Waals surface area contributed by atoms with Crippen LogP contribution >= 0.6 is 34.2 Å². The van der Waals surface area contributed by atoms with Crippen molar-refractivity contribution in [3.8, 4) is 0 Å². The Morgan fingerprint density at radius 1 is 1.14 bits per heavy atom. The summed E-state index contributed by atoms with van der Waals surface area (Å²) >= 11 is 7.97. The van der Waals surface area contributed by atoms with Crippen LogP contribution in [0, 0.1) is 3.57 Å². The molecular weight excluding hydrogens is 405 g/mol. The van der Waals surface area contributed by atoms with Crippen LogP contribution in [-0.4, -0.2) is 19.0 Å². The lowest BCUT2D eigenvalue weighted by Gasteiger charge is -2.08. The SMILES string of the molecule is COC(=O)c1ccc(NC(=O)c2cc(Cl)ccc2I)cc1. The van der Waals surface area contributed by atoms with Gasteiger partial charge in [0, 0.05) is 14.3 Å². The van der Waals surface area contributed by atoms with Crippen molar-refractivity contribution in [2.24, 2.45) is 0 Å². The number of rotatable bonds is 3. The molecule has 0 fully saturated rings. The molecule has 0 saturated heterocycles. The van der Waals surface area contributed by atoms with E-state index < -0.39 is 5.97 Å². The Kier molecular flexibility index (Phi) is 5.19. The van der Waals surface area contributed by atoms with E-state index in [-0.39, 0.29) is 5.91 Å². The van der Waals surface area contributed by atoms with Gasteiger partial charge in [0.25, 0.3) is 5.91 Å². The third-order valence-corrected chi connectivity index (χ3v) is 3.91. The summed E-state index contributed by atoms with van der Waals surface area (Å²) in [6.07, 6.45) is 0. The van der Waals surface area contributed by atoms with Gasteiger partial charge in [0.2, 0.25) is 0 Å². The van der Waals surface area contributed by atoms with Crippen LogP contribution in [0.4, 0.5) is 5.69 Å². The zero-order valence-electron chi connectivity index (χ0n) is 11.0. The van der Waals surface area contributed by atoms with Gasteiger partial charge in [0.15, 0.2) is 0 Å². The van der Waals surface area contributed by atoms with Crippen LogP contribution in [-0.2, 0) is 4.74 Å². The molecule has 2 rings (SSSR count). The zero-order chi connectivity index (χ0) is 15.4. The van der Waals surface area contributed by atoms with Crippen molar-refractivity contribution in [3.63, 3.8) is 0 Å². The summed E-state index contributed by atoms with van der Waals surface area (Å²) in [5, 5.41) is 3.26. The molecule has 0 saturated carbocycles. The summed E-state index contributed by atoms with van der Waals surface area (Å²) in [5.41, 5.74) is 1.51. The Morgan fingerprint density at radius 2 is 1.81 bits per heavy atom. The molecule has 0 aliphatic rings. The Bertz CT molecular complexity index is 686. The minimum absolute atomic E-state index is 0.257. The molecule has 108 valence electrons. The van der Waals surface area contributed by atoms with Crippen LogP contribution in [0.15, 0.2) is 42.5 Å². The van der Waals surface area contributed by atoms with E-state index in [0.29, 0.717) is 21.8 Å². The van der Waals surface area contributed by atoms with E-state index in [2.05, 4.69) is 32.6 Å². The molecule has 0 aliphatic heterocycles. The van der Waals surface area contributed by atoms with Gasteiger partial charge < -0.3 is 10.1 Å². The molecule has 0 heterocycles. The molecular formula is C15H11ClINO3. The number of esters is 1. The average Bonchev–Trinajstić information content (AvgIpc) is 2.49. The summed E-state index contributed by atoms with van der Waals surface area (Å²) in [5.74, 6) is -0.676. The lowest BCUT2D eigenvalue weighted by molar-refractivity contribution is 0.0600. The van der Waals surface area contributed by atoms with Crippen molar-refractivity contribution in [2.75, 3.05) is 12.4 Å². The first kappa shape index (κ1) is 15.8. The second-order valence-corrected chi connectivity index (χ2v) is 5.75. The van der Waals surface area contributed by atoms with Gasteiger partial charge in [-0.05, 0) is 65.1 Å². The third-order valence-electron chi connectivity index (χ3n) is 2.74. The molecule has 4 nitrogen and oxygen atoms in total. The first-order valence-corrected chi connectivity index (χ1v) is 7.41. The first-order chi connectivity index (χ1) is 10.0. The molecule has 21 heavy (non-hydrogen) atoms. The Balaban J connectivity index is 2.16. The van der Waals surface area contributed by atoms with Crippen molar-refractivity contribution in [2.45, 2.75) is 0 Å². The Hall–Kier alpha value is -1.60. The monoisotopic (exact) mass is 415 g/mol. The number of carbonyl (C=O) groups excluding carboxylic acids is 2. The van der Waals surface area contributed by atoms with Gasteiger partial charge in [-0.3, -0.25) is 4.79 Å². The van der Waals surface area contributed by atoms with Crippen LogP contribution in [0.5, 0.6) is 0 Å². The van der Waals surface area contributed by atoms with E-state index in [0.717, 1.165) is 3.57 Å². The molecule has 0 radical (unpaired) electrons. The number of hydrogen-bond acceptors (Lipinski definition) is 3. The van der Waals surface area contributed by atoms with E-state index in [4.69, 9.17) is 11.6 Å². The summed E-state index contributed by atoms with van der Waals surface area (Å²) in [7, 11) is 1.32. The molecule has 1 amide bonds. The van der Waals surface area contributed by atoms with E-state index in [1.807, 2.05) is 0 Å². The van der Waals surface area contributed by atoms with Gasteiger partial charge in [0.1, 0.15) is 0 Å². The molecule has 0 spiro atoms. The number of benzene rings is 2. The number of carbonyl (C=O) groups is 2. The summed E-state index contributed by atoms with van der Waals surface area (Å²) < 4.78 is 5.42. The van der Waals surface area contributed by atoms with Crippen molar-refractivity contribution in [1.82, 2.24) is 0 Å². The van der Waals surface area contributed by atoms with Crippen LogP contribution in [0.1, 0.15) is 20.7 Å². The minimum atomic E-state index is -0.419. The van der Waals surface area contributed by atoms with Crippen LogP contribution in [0.25, 0.3) is 0 Å². The minimum Gasteiger partial charge on any atom is -0.465 e. The standard InChI is InChI=1S/C15H11ClINO3/c1-21-15(20)9-2-5-11(6-3-9)18-14(19)12-8-10(16)4-7-13(12)17/h2-8H,1H3,(H,18,19). The molecule has 0 bridgehead atoms. The number of halogens is 2. The summed E-state index contributed by atoms with van der Waals surface area (Å²) in [4.78, 5) is 23.5. The fourth-order valence-corrected chi connectivity index (χ4v) is 2.43. The highest BCUT2D eigenvalue weighted by Crippen LogP contribution is 2.19. The van der Waals surface area contributed by atoms with Crippen LogP contribution < -0.4 is 5.32 Å². The van der Waals surface area contributed by atoms with Crippen molar-refractivity contribution >= 4 is 51.8 Å². The van der Waals surface area contributed by atoms with Crippen LogP contribution in [0.2, 0.25) is 5.02 Å². The van der Waals surface area contributed by atoms with E-state index in [1.54, 1.807) is 42.5 Å². The van der Waals surface area contributed by atoms with E-state index >= 15 is 0 Å². The lowest BCUT2D eigenvalue weighted by atomic mass is 10.2. The maximum absolute atomic E-state index is 12.2. The molecule has 6 heteroatoms. The third kappa shape index (κ3) is 3.95. The smallest absolute Gasteiger partial charge is 0.337 e. The van der Waals surface area contributed by atoms with Gasteiger partial charge in [0.05, 0.1) is 18.2 Å². The van der Waals surface area contributed by atoms with Gasteiger partial charge in [-0.25, -0.2) is 4.79 Å². The van der Waals surface area contributed by atoms with Crippen LogP contribution in [0.3, 0.4) is 0 Å². The lowest BCUT2D eigenvalue weighted by Crippen LogP contribution is -2.13. The molecule has 0 aliphatic carbocycles. The fraction of sp³-hybridized carbons (Fsp3) is 0.0667. The number of amides is 1. The second kappa shape index (κ2) is 6.91. The summed E-state index contributed by atoms with van der Waals surface area (Å²) in [6.45, 7) is 0. The molecule has 0 unspecified atom stereocenters. The predicted molar refractivity (Wildman–Crippen MR) is 89.9 cm³/mol. The average molecular weight is 416 g/mol. The largest absolute Gasteiger partial charge is 0.465 e. The van der Waals surface area contributed by atoms with Gasteiger partial charge in [-0.1, -0.05) is 11.6 Å². The van der Waals surface area contributed by atoms with Crippen molar-refractivity contribution in [1.29, 1.82) is 0 Å². The highest BCUT2D eigenvalue weighted by molar-refractivity contribution is 14.1. The normalized spacial score (nSPS) is 10.0. The molecule has 2 aromatic rings. The number of nitrogens with one attached hydrogen (secondary N) is 1. The topological polar surface area (TPSA) is 55.4 Å². The number of ether oxygens (including phenoxy) is 1. The van der Waals surface area contributed by atoms with Gasteiger partial charge in [-0.2, -0.15) is 0 Å². The van der Waals surface area contributed by atoms with Crippen molar-refractivity contribution in [3.05, 3.63) is 62.2 Å². The Morgan fingerprint density at radius 3 is 2.43 bits per heavy atom. The summed E-state index contributed by atoms with van der Waals surface area (Å²) in [6, 6.07) is 11.6. The molecule has 0 atom stereocenters. The van der Waals surface area contributed by atoms with Gasteiger partial charge >= 0.3 is 5.97 Å². The van der Waals surface area contributed by atoms with E-state index in [1.165, 1.54) is 7.11 Å². The number of hydrogen-bond donors (Lipinski definition) is 1. The predicted octanol–water partition coefficient (Wildman–Crippen LogP) is 3.98. The fourth-order valence-electron chi connectivity index (χ4n) is 1.68. The maximum Gasteiger partial charge on any atom is 0.337 e. The van der Waals surface area contributed by atoms with Gasteiger partial charge in [-0.15, -0.1) is 0 Å². The highest BCUT2D eigenvalue weighted by Gasteiger charge is 2.11. The molecule has 2 aromatic carbocycles. The first-order valence-electron chi connectivity index (χ1n) is 5.96. The van der Waals surface area contributed by atoms with E-state index in [9.17, 15) is 9.59 Å². The zero-order valence-corrected chi connectivity index (χ0v) is 13.9. The highest BCUT2D eigenvalue weighted by atomic mass is 127. The second-order valence-electron chi connectivity index (χ2n) is 4.15. The van der Waals surface area contributed by atoms with Crippen molar-refractivity contribution < 1.29 is 14.3 Å². The molecule has 0 aromatic heterocycles. The number of methoxy groups -OCH3 is 1. The Labute approximate surface area is 140 Å². The quantitative estimate of drug-likeness (QED) is 0.609. The number of anilines is 1. The maximum atomic E-state index is 12.2.